The summed E-state index contributed by atoms with van der Waals surface area (Å²) in [7, 11) is 1.80. The molecule has 0 aromatic carbocycles. The quantitative estimate of drug-likeness (QED) is 0.561. The molecule has 2 aromatic heterocycles. The van der Waals surface area contributed by atoms with E-state index in [-0.39, 0.29) is 0 Å². The molecular weight excluding hydrogens is 156 g/mol. The van der Waals surface area contributed by atoms with Crippen LogP contribution in [0.1, 0.15) is 10.5 Å². The second-order valence-corrected chi connectivity index (χ2v) is 2.40. The molecule has 0 saturated carbocycles. The van der Waals surface area contributed by atoms with Gasteiger partial charge >= 0.3 is 0 Å². The maximum Gasteiger partial charge on any atom is 0.181 e. The predicted octanol–water partition coefficient (Wildman–Crippen LogP) is 0.176. The SMILES string of the molecule is Cn1cnc2ncnc(C=O)c21. The van der Waals surface area contributed by atoms with E-state index in [1.165, 1.54) is 6.33 Å². The highest BCUT2D eigenvalue weighted by atomic mass is 16.1. The summed E-state index contributed by atoms with van der Waals surface area (Å²) in [5.41, 5.74) is 1.60. The van der Waals surface area contributed by atoms with Crippen molar-refractivity contribution in [1.29, 1.82) is 0 Å². The molecule has 5 heteroatoms. The Kier molecular flexibility index (Phi) is 1.36. The summed E-state index contributed by atoms with van der Waals surface area (Å²) in [4.78, 5) is 22.2. The summed E-state index contributed by atoms with van der Waals surface area (Å²) in [6.45, 7) is 0. The van der Waals surface area contributed by atoms with Crippen LogP contribution in [0.3, 0.4) is 0 Å². The zero-order chi connectivity index (χ0) is 8.55. The Morgan fingerprint density at radius 3 is 3.00 bits per heavy atom. The molecule has 60 valence electrons. The highest BCUT2D eigenvalue weighted by Gasteiger charge is 2.06. The Bertz CT molecular complexity index is 434. The van der Waals surface area contributed by atoms with Crippen LogP contribution < -0.4 is 0 Å². The van der Waals surface area contributed by atoms with Crippen LogP contribution in [0.5, 0.6) is 0 Å². The van der Waals surface area contributed by atoms with E-state index in [1.807, 2.05) is 0 Å². The standard InChI is InChI=1S/C7H6N4O/c1-11-4-10-7-6(11)5(2-12)8-3-9-7/h2-4H,1H3. The monoisotopic (exact) mass is 162 g/mol. The topological polar surface area (TPSA) is 60.7 Å². The lowest BCUT2D eigenvalue weighted by molar-refractivity contribution is 0.112. The van der Waals surface area contributed by atoms with Crippen molar-refractivity contribution in [3.8, 4) is 0 Å². The Morgan fingerprint density at radius 2 is 2.25 bits per heavy atom. The molecule has 0 fully saturated rings. The molecule has 0 aliphatic carbocycles. The molecule has 0 spiro atoms. The fraction of sp³-hybridized carbons (Fsp3) is 0.143. The zero-order valence-corrected chi connectivity index (χ0v) is 6.43. The van der Waals surface area contributed by atoms with Crippen molar-refractivity contribution in [3.63, 3.8) is 0 Å². The second kappa shape index (κ2) is 2.37. The molecule has 0 bridgehead atoms. The van der Waals surface area contributed by atoms with Gasteiger partial charge in [0.1, 0.15) is 17.5 Å². The molecule has 0 amide bonds. The van der Waals surface area contributed by atoms with Crippen molar-refractivity contribution in [2.24, 2.45) is 7.05 Å². The minimum atomic E-state index is 0.375. The third kappa shape index (κ3) is 0.795. The summed E-state index contributed by atoms with van der Waals surface area (Å²) >= 11 is 0. The molecule has 0 atom stereocenters. The average molecular weight is 162 g/mol. The first-order valence-electron chi connectivity index (χ1n) is 3.40. The maximum atomic E-state index is 10.5. The Hall–Kier alpha value is -1.78. The van der Waals surface area contributed by atoms with E-state index in [4.69, 9.17) is 0 Å². The van der Waals surface area contributed by atoms with Crippen molar-refractivity contribution in [3.05, 3.63) is 18.3 Å². The summed E-state index contributed by atoms with van der Waals surface area (Å²) in [6.07, 6.45) is 3.64. The number of fused-ring (bicyclic) bond motifs is 1. The average Bonchev–Trinajstić information content (AvgIpc) is 2.48. The largest absolute Gasteiger partial charge is 0.330 e. The molecule has 0 radical (unpaired) electrons. The molecule has 2 rings (SSSR count). The van der Waals surface area contributed by atoms with E-state index in [0.717, 1.165) is 0 Å². The third-order valence-electron chi connectivity index (χ3n) is 1.65. The van der Waals surface area contributed by atoms with Crippen LogP contribution in [0.15, 0.2) is 12.7 Å². The normalized spacial score (nSPS) is 10.4. The van der Waals surface area contributed by atoms with Crippen LogP contribution >= 0.6 is 0 Å². The van der Waals surface area contributed by atoms with Gasteiger partial charge in [-0.15, -0.1) is 0 Å². The van der Waals surface area contributed by atoms with E-state index in [1.54, 1.807) is 17.9 Å². The second-order valence-electron chi connectivity index (χ2n) is 2.40. The smallest absolute Gasteiger partial charge is 0.181 e. The van der Waals surface area contributed by atoms with E-state index >= 15 is 0 Å². The highest BCUT2D eigenvalue weighted by molar-refractivity contribution is 5.90. The summed E-state index contributed by atoms with van der Waals surface area (Å²) < 4.78 is 1.72. The molecule has 0 aliphatic heterocycles. The first-order valence-corrected chi connectivity index (χ1v) is 3.40. The summed E-state index contributed by atoms with van der Waals surface area (Å²) in [5, 5.41) is 0. The van der Waals surface area contributed by atoms with Gasteiger partial charge in [0, 0.05) is 7.05 Å². The number of carbonyl (C=O) groups is 1. The predicted molar refractivity (Wildman–Crippen MR) is 41.7 cm³/mol. The molecule has 0 unspecified atom stereocenters. The molecule has 5 nitrogen and oxygen atoms in total. The van der Waals surface area contributed by atoms with Gasteiger partial charge in [0.05, 0.1) is 6.33 Å². The number of rotatable bonds is 1. The number of imidazole rings is 1. The Labute approximate surface area is 68.1 Å². The number of aldehydes is 1. The number of nitrogens with zero attached hydrogens (tertiary/aromatic N) is 4. The van der Waals surface area contributed by atoms with Gasteiger partial charge in [0.15, 0.2) is 11.9 Å². The molecule has 12 heavy (non-hydrogen) atoms. The molecule has 2 heterocycles. The maximum absolute atomic E-state index is 10.5. The molecule has 0 saturated heterocycles. The van der Waals surface area contributed by atoms with Gasteiger partial charge in [-0.25, -0.2) is 15.0 Å². The zero-order valence-electron chi connectivity index (χ0n) is 6.43. The van der Waals surface area contributed by atoms with Gasteiger partial charge in [0.25, 0.3) is 0 Å². The fourth-order valence-electron chi connectivity index (χ4n) is 1.10. The highest BCUT2D eigenvalue weighted by Crippen LogP contribution is 2.09. The molecule has 2 aromatic rings. The van der Waals surface area contributed by atoms with E-state index in [2.05, 4.69) is 15.0 Å². The number of aryl methyl sites for hydroxylation is 1. The van der Waals surface area contributed by atoms with E-state index in [0.29, 0.717) is 23.1 Å². The van der Waals surface area contributed by atoms with Gasteiger partial charge < -0.3 is 4.57 Å². The molecule has 0 N–H and O–H groups in total. The van der Waals surface area contributed by atoms with Gasteiger partial charge in [-0.2, -0.15) is 0 Å². The third-order valence-corrected chi connectivity index (χ3v) is 1.65. The Balaban J connectivity index is 2.93. The number of hydrogen-bond donors (Lipinski definition) is 0. The van der Waals surface area contributed by atoms with Gasteiger partial charge in [-0.3, -0.25) is 4.79 Å². The van der Waals surface area contributed by atoms with Crippen molar-refractivity contribution in [2.75, 3.05) is 0 Å². The van der Waals surface area contributed by atoms with Crippen LogP contribution in [0.2, 0.25) is 0 Å². The van der Waals surface area contributed by atoms with Crippen molar-refractivity contribution >= 4 is 17.5 Å². The van der Waals surface area contributed by atoms with Gasteiger partial charge in [-0.1, -0.05) is 0 Å². The van der Waals surface area contributed by atoms with Crippen LogP contribution in [0.25, 0.3) is 11.2 Å². The van der Waals surface area contributed by atoms with Crippen molar-refractivity contribution in [1.82, 2.24) is 19.5 Å². The van der Waals surface area contributed by atoms with Crippen molar-refractivity contribution in [2.45, 2.75) is 0 Å². The van der Waals surface area contributed by atoms with E-state index < -0.39 is 0 Å². The number of hydrogen-bond acceptors (Lipinski definition) is 4. The first kappa shape index (κ1) is 6.90. The number of aromatic nitrogens is 4. The van der Waals surface area contributed by atoms with Crippen LogP contribution in [0, 0.1) is 0 Å². The fourth-order valence-corrected chi connectivity index (χ4v) is 1.10. The Morgan fingerprint density at radius 1 is 1.42 bits per heavy atom. The first-order chi connectivity index (χ1) is 5.83. The van der Waals surface area contributed by atoms with Crippen molar-refractivity contribution < 1.29 is 4.79 Å². The minimum Gasteiger partial charge on any atom is -0.330 e. The van der Waals surface area contributed by atoms with Gasteiger partial charge in [-0.05, 0) is 0 Å². The molecular formula is C7H6N4O. The lowest BCUT2D eigenvalue weighted by Gasteiger charge is -1.94. The summed E-state index contributed by atoms with van der Waals surface area (Å²) in [5.74, 6) is 0. The lowest BCUT2D eigenvalue weighted by Crippen LogP contribution is -1.94. The van der Waals surface area contributed by atoms with Crippen LogP contribution in [-0.4, -0.2) is 25.8 Å². The van der Waals surface area contributed by atoms with Crippen LogP contribution in [0.4, 0.5) is 0 Å². The van der Waals surface area contributed by atoms with Crippen LogP contribution in [-0.2, 0) is 7.05 Å². The molecule has 0 aliphatic rings. The minimum absolute atomic E-state index is 0.375. The number of carbonyl (C=O) groups excluding carboxylic acids is 1. The lowest BCUT2D eigenvalue weighted by atomic mass is 10.4. The van der Waals surface area contributed by atoms with Gasteiger partial charge in [0.2, 0.25) is 0 Å². The summed E-state index contributed by atoms with van der Waals surface area (Å²) in [6, 6.07) is 0. The van der Waals surface area contributed by atoms with E-state index in [9.17, 15) is 4.79 Å².